The zero-order valence-corrected chi connectivity index (χ0v) is 21.6. The number of hydrogen-bond acceptors (Lipinski definition) is 6. The highest BCUT2D eigenvalue weighted by Gasteiger charge is 2.28. The van der Waals surface area contributed by atoms with Gasteiger partial charge in [-0.05, 0) is 80.3 Å². The molecule has 8 heteroatoms. The van der Waals surface area contributed by atoms with Gasteiger partial charge in [-0.3, -0.25) is 19.4 Å². The van der Waals surface area contributed by atoms with Gasteiger partial charge in [-0.2, -0.15) is 0 Å². The second kappa shape index (κ2) is 12.8. The Morgan fingerprint density at radius 3 is 2.65 bits per heavy atom. The van der Waals surface area contributed by atoms with Crippen LogP contribution in [0.1, 0.15) is 75.1 Å². The summed E-state index contributed by atoms with van der Waals surface area (Å²) in [5, 5.41) is 6.35. The zero-order valence-electron chi connectivity index (χ0n) is 21.6. The molecule has 1 saturated carbocycles. The highest BCUT2D eigenvalue weighted by molar-refractivity contribution is 5.96. The fraction of sp³-hybridized carbons (Fsp3) is 0.517. The Kier molecular flexibility index (Phi) is 9.28. The van der Waals surface area contributed by atoms with Crippen LogP contribution in [0.5, 0.6) is 0 Å². The van der Waals surface area contributed by atoms with E-state index in [-0.39, 0.29) is 36.2 Å². The van der Waals surface area contributed by atoms with Crippen LogP contribution < -0.4 is 16.4 Å². The number of carbonyl (C=O) groups is 3. The van der Waals surface area contributed by atoms with Crippen LogP contribution in [-0.2, 0) is 25.5 Å². The molecule has 1 aliphatic carbocycles. The fourth-order valence-electron chi connectivity index (χ4n) is 5.37. The van der Waals surface area contributed by atoms with Crippen LogP contribution in [0.25, 0.3) is 11.1 Å². The Bertz CT molecular complexity index is 1110. The van der Waals surface area contributed by atoms with Crippen LogP contribution in [0.4, 0.5) is 5.69 Å². The number of fused-ring (bicyclic) bond motifs is 4. The molecule has 1 fully saturated rings. The van der Waals surface area contributed by atoms with Crippen molar-refractivity contribution in [2.75, 3.05) is 19.0 Å². The maximum Gasteiger partial charge on any atom is 0.309 e. The summed E-state index contributed by atoms with van der Waals surface area (Å²) < 4.78 is 4.80. The van der Waals surface area contributed by atoms with Crippen molar-refractivity contribution in [3.05, 3.63) is 47.8 Å². The van der Waals surface area contributed by atoms with E-state index in [0.717, 1.165) is 73.8 Å². The normalized spacial score (nSPS) is 22.3. The van der Waals surface area contributed by atoms with Gasteiger partial charge < -0.3 is 21.1 Å². The van der Waals surface area contributed by atoms with Crippen molar-refractivity contribution in [1.82, 2.24) is 10.3 Å². The number of nitrogens with zero attached hydrogens (tertiary/aromatic N) is 1. The Labute approximate surface area is 218 Å². The molecule has 1 aliphatic heterocycles. The number of carbonyl (C=O) groups excluding carboxylic acids is 3. The molecule has 0 radical (unpaired) electrons. The molecule has 2 amide bonds. The monoisotopic (exact) mass is 506 g/mol. The number of ether oxygens (including phenoxy) is 1. The van der Waals surface area contributed by atoms with Gasteiger partial charge in [0.25, 0.3) is 0 Å². The summed E-state index contributed by atoms with van der Waals surface area (Å²) in [6, 6.07) is 9.33. The first-order valence-electron chi connectivity index (χ1n) is 13.4. The van der Waals surface area contributed by atoms with Crippen molar-refractivity contribution < 1.29 is 19.1 Å². The first-order chi connectivity index (χ1) is 18.0. The van der Waals surface area contributed by atoms with Crippen molar-refractivity contribution in [2.45, 2.75) is 70.3 Å². The number of nitrogens with one attached hydrogen (secondary N) is 2. The van der Waals surface area contributed by atoms with Crippen LogP contribution in [0.2, 0.25) is 0 Å². The van der Waals surface area contributed by atoms with Gasteiger partial charge in [-0.25, -0.2) is 0 Å². The van der Waals surface area contributed by atoms with E-state index < -0.39 is 0 Å². The predicted molar refractivity (Wildman–Crippen MR) is 142 cm³/mol. The summed E-state index contributed by atoms with van der Waals surface area (Å²) >= 11 is 0. The average molecular weight is 507 g/mol. The summed E-state index contributed by atoms with van der Waals surface area (Å²) in [7, 11) is 1.36. The van der Waals surface area contributed by atoms with Gasteiger partial charge in [0.2, 0.25) is 11.8 Å². The molecule has 0 unspecified atom stereocenters. The molecule has 2 bridgehead atoms. The third-order valence-electron chi connectivity index (χ3n) is 7.65. The molecule has 2 heterocycles. The second-order valence-corrected chi connectivity index (χ2v) is 10.3. The number of nitrogens with two attached hydrogens (primary N) is 1. The van der Waals surface area contributed by atoms with Gasteiger partial charge in [0.05, 0.1) is 25.3 Å². The van der Waals surface area contributed by atoms with Crippen LogP contribution >= 0.6 is 0 Å². The summed E-state index contributed by atoms with van der Waals surface area (Å²) in [6.45, 7) is 0.691. The SMILES string of the molecule is COC(=O)Cc1ccc2c(c1)NC(=O)CCCCC[C@H](NC(=O)C1CCC(CN)CC1)c1cc-2ccn1. The molecular weight excluding hydrogens is 468 g/mol. The number of benzene rings is 1. The van der Waals surface area contributed by atoms with E-state index in [1.807, 2.05) is 30.3 Å². The van der Waals surface area contributed by atoms with E-state index in [0.29, 0.717) is 24.6 Å². The van der Waals surface area contributed by atoms with Gasteiger partial charge in [-0.15, -0.1) is 0 Å². The molecule has 1 aromatic carbocycles. The number of aromatic nitrogens is 1. The van der Waals surface area contributed by atoms with E-state index in [4.69, 9.17) is 10.5 Å². The van der Waals surface area contributed by atoms with E-state index in [1.165, 1.54) is 7.11 Å². The molecule has 1 aromatic heterocycles. The molecule has 1 atom stereocenters. The van der Waals surface area contributed by atoms with Crippen molar-refractivity contribution >= 4 is 23.5 Å². The average Bonchev–Trinajstić information content (AvgIpc) is 2.92. The zero-order chi connectivity index (χ0) is 26.2. The lowest BCUT2D eigenvalue weighted by Gasteiger charge is -2.28. The predicted octanol–water partition coefficient (Wildman–Crippen LogP) is 4.29. The van der Waals surface area contributed by atoms with Crippen LogP contribution in [0.15, 0.2) is 36.5 Å². The second-order valence-electron chi connectivity index (χ2n) is 10.3. The maximum atomic E-state index is 13.2. The molecule has 37 heavy (non-hydrogen) atoms. The summed E-state index contributed by atoms with van der Waals surface area (Å²) in [6.07, 6.45) is 9.36. The highest BCUT2D eigenvalue weighted by atomic mass is 16.5. The molecule has 2 aliphatic rings. The minimum atomic E-state index is -0.336. The van der Waals surface area contributed by atoms with Gasteiger partial charge in [0.1, 0.15) is 0 Å². The minimum Gasteiger partial charge on any atom is -0.469 e. The van der Waals surface area contributed by atoms with E-state index in [1.54, 1.807) is 6.20 Å². The summed E-state index contributed by atoms with van der Waals surface area (Å²) in [5.74, 6) is 0.255. The smallest absolute Gasteiger partial charge is 0.309 e. The van der Waals surface area contributed by atoms with E-state index >= 15 is 0 Å². The number of amides is 2. The fourth-order valence-corrected chi connectivity index (χ4v) is 5.37. The molecular formula is C29H38N4O4. The maximum absolute atomic E-state index is 13.2. The quantitative estimate of drug-likeness (QED) is 0.520. The van der Waals surface area contributed by atoms with E-state index in [9.17, 15) is 14.4 Å². The van der Waals surface area contributed by atoms with Crippen molar-refractivity contribution in [3.63, 3.8) is 0 Å². The van der Waals surface area contributed by atoms with Crippen LogP contribution in [-0.4, -0.2) is 36.4 Å². The lowest BCUT2D eigenvalue weighted by Crippen LogP contribution is -2.37. The molecule has 2 aromatic rings. The largest absolute Gasteiger partial charge is 0.469 e. The van der Waals surface area contributed by atoms with Gasteiger partial charge in [0.15, 0.2) is 0 Å². The Morgan fingerprint density at radius 1 is 1.08 bits per heavy atom. The number of rotatable bonds is 5. The van der Waals surface area contributed by atoms with Crippen molar-refractivity contribution in [2.24, 2.45) is 17.6 Å². The summed E-state index contributed by atoms with van der Waals surface area (Å²) in [5.41, 5.74) is 9.80. The van der Waals surface area contributed by atoms with Crippen molar-refractivity contribution in [1.29, 1.82) is 0 Å². The Morgan fingerprint density at radius 2 is 1.89 bits per heavy atom. The third kappa shape index (κ3) is 7.16. The van der Waals surface area contributed by atoms with Gasteiger partial charge in [0, 0.05) is 29.8 Å². The van der Waals surface area contributed by atoms with Gasteiger partial charge in [-0.1, -0.05) is 25.0 Å². The molecule has 0 saturated heterocycles. The van der Waals surface area contributed by atoms with Gasteiger partial charge >= 0.3 is 5.97 Å². The van der Waals surface area contributed by atoms with Crippen LogP contribution in [0, 0.1) is 11.8 Å². The standard InChI is InChI=1S/C29H38N4O4/c1-37-28(35)16-20-9-12-23-22-13-14-31-26(17-22)24(5-3-2-4-6-27(34)32-25(23)15-20)33-29(36)21-10-7-19(18-30)8-11-21/h9,12-15,17,19,21,24H,2-8,10-11,16,18,30H2,1H3,(H,32,34)(H,33,36)/t19?,21?,24-/m0/s1. The number of hydrogen-bond donors (Lipinski definition) is 3. The first-order valence-corrected chi connectivity index (χ1v) is 13.4. The van der Waals surface area contributed by atoms with Crippen molar-refractivity contribution in [3.8, 4) is 11.1 Å². The van der Waals surface area contributed by atoms with Crippen LogP contribution in [0.3, 0.4) is 0 Å². The van der Waals surface area contributed by atoms with E-state index in [2.05, 4.69) is 15.6 Å². The number of methoxy groups -OCH3 is 1. The topological polar surface area (TPSA) is 123 Å². The Balaban J connectivity index is 1.61. The third-order valence-corrected chi connectivity index (χ3v) is 7.65. The lowest BCUT2D eigenvalue weighted by atomic mass is 9.81. The minimum absolute atomic E-state index is 0.0198. The Hall–Kier alpha value is -3.26. The number of esters is 1. The summed E-state index contributed by atoms with van der Waals surface area (Å²) in [4.78, 5) is 42.4. The molecule has 8 nitrogen and oxygen atoms in total. The molecule has 4 N–H and O–H groups in total. The number of pyridine rings is 1. The molecule has 198 valence electrons. The first kappa shape index (κ1) is 26.8. The highest BCUT2D eigenvalue weighted by Crippen LogP contribution is 2.33. The molecule has 4 rings (SSSR count). The number of anilines is 1. The molecule has 0 spiro atoms. The lowest BCUT2D eigenvalue weighted by molar-refractivity contribution is -0.139.